The van der Waals surface area contributed by atoms with Crippen molar-refractivity contribution in [2.24, 2.45) is 5.73 Å². The summed E-state index contributed by atoms with van der Waals surface area (Å²) >= 11 is 7.64. The summed E-state index contributed by atoms with van der Waals surface area (Å²) < 4.78 is 41.0. The van der Waals surface area contributed by atoms with Gasteiger partial charge >= 0.3 is 0 Å². The average molecular weight is 353 g/mol. The second-order valence-electron chi connectivity index (χ2n) is 4.85. The molecule has 118 valence electrons. The van der Waals surface area contributed by atoms with Crippen LogP contribution in [0.2, 0.25) is 5.02 Å². The first-order valence-electron chi connectivity index (χ1n) is 6.69. The molecule has 21 heavy (non-hydrogen) atoms. The van der Waals surface area contributed by atoms with Gasteiger partial charge in [-0.1, -0.05) is 18.5 Å². The summed E-state index contributed by atoms with van der Waals surface area (Å²) in [5.74, 6) is -0.0860. The summed E-state index contributed by atoms with van der Waals surface area (Å²) in [4.78, 5) is -0.378. The quantitative estimate of drug-likeness (QED) is 0.904. The predicted molar refractivity (Wildman–Crippen MR) is 84.6 cm³/mol. The van der Waals surface area contributed by atoms with Gasteiger partial charge in [-0.05, 0) is 18.6 Å². The fourth-order valence-electron chi connectivity index (χ4n) is 2.25. The maximum atomic E-state index is 14.3. The van der Waals surface area contributed by atoms with Crippen LogP contribution in [-0.4, -0.2) is 36.8 Å². The fourth-order valence-corrected chi connectivity index (χ4v) is 5.57. The van der Waals surface area contributed by atoms with Crippen LogP contribution >= 0.6 is 23.4 Å². The number of thioether (sulfide) groups is 1. The average Bonchev–Trinajstić information content (AvgIpc) is 2.49. The smallest absolute Gasteiger partial charge is 0.246 e. The Morgan fingerprint density at radius 3 is 2.86 bits per heavy atom. The minimum Gasteiger partial charge on any atom is -0.326 e. The van der Waals surface area contributed by atoms with E-state index < -0.39 is 15.8 Å². The van der Waals surface area contributed by atoms with Crippen LogP contribution in [0, 0.1) is 5.82 Å². The van der Waals surface area contributed by atoms with Crippen molar-refractivity contribution in [1.82, 2.24) is 4.31 Å². The summed E-state index contributed by atoms with van der Waals surface area (Å²) in [5.41, 5.74) is 5.55. The van der Waals surface area contributed by atoms with Gasteiger partial charge < -0.3 is 5.73 Å². The molecule has 4 nitrogen and oxygen atoms in total. The lowest BCUT2D eigenvalue weighted by atomic mass is 10.2. The summed E-state index contributed by atoms with van der Waals surface area (Å²) in [6.45, 7) is 2.70. The van der Waals surface area contributed by atoms with Gasteiger partial charge in [0.1, 0.15) is 10.7 Å². The van der Waals surface area contributed by atoms with E-state index in [4.69, 9.17) is 17.3 Å². The summed E-state index contributed by atoms with van der Waals surface area (Å²) in [7, 11) is -3.89. The number of nitrogens with zero attached hydrogens (tertiary/aromatic N) is 1. The van der Waals surface area contributed by atoms with Gasteiger partial charge in [-0.2, -0.15) is 16.1 Å². The number of benzene rings is 1. The van der Waals surface area contributed by atoms with Gasteiger partial charge in [-0.15, -0.1) is 0 Å². The zero-order valence-electron chi connectivity index (χ0n) is 11.7. The lowest BCUT2D eigenvalue weighted by Crippen LogP contribution is -2.42. The molecule has 1 atom stereocenters. The molecule has 0 amide bonds. The molecule has 1 saturated heterocycles. The molecule has 0 aromatic heterocycles. The molecule has 1 aliphatic rings. The molecule has 2 rings (SSSR count). The topological polar surface area (TPSA) is 63.4 Å². The van der Waals surface area contributed by atoms with E-state index in [9.17, 15) is 12.8 Å². The first-order chi connectivity index (χ1) is 9.90. The highest BCUT2D eigenvalue weighted by Gasteiger charge is 2.32. The molecule has 1 unspecified atom stereocenters. The number of hydrogen-bond donors (Lipinski definition) is 1. The zero-order valence-corrected chi connectivity index (χ0v) is 14.1. The van der Waals surface area contributed by atoms with Crippen molar-refractivity contribution in [3.63, 3.8) is 0 Å². The normalized spacial score (nSPS) is 20.7. The Morgan fingerprint density at radius 2 is 2.24 bits per heavy atom. The SMILES string of the molecule is CCC1CN(S(=O)(=O)c2cc(Cl)cc(CN)c2F)CCS1. The van der Waals surface area contributed by atoms with Crippen LogP contribution in [0.1, 0.15) is 18.9 Å². The lowest BCUT2D eigenvalue weighted by Gasteiger charge is -2.31. The van der Waals surface area contributed by atoms with E-state index in [1.165, 1.54) is 10.4 Å². The number of halogens is 2. The molecule has 8 heteroatoms. The van der Waals surface area contributed by atoms with Crippen LogP contribution in [0.15, 0.2) is 17.0 Å². The van der Waals surface area contributed by atoms with Crippen molar-refractivity contribution in [3.8, 4) is 0 Å². The van der Waals surface area contributed by atoms with Crippen molar-refractivity contribution >= 4 is 33.4 Å². The van der Waals surface area contributed by atoms with Crippen molar-refractivity contribution in [2.75, 3.05) is 18.8 Å². The van der Waals surface area contributed by atoms with Crippen LogP contribution in [0.5, 0.6) is 0 Å². The predicted octanol–water partition coefficient (Wildman–Crippen LogP) is 2.45. The minimum absolute atomic E-state index is 0.0949. The summed E-state index contributed by atoms with van der Waals surface area (Å²) in [5, 5.41) is 0.415. The highest BCUT2D eigenvalue weighted by Crippen LogP contribution is 2.30. The van der Waals surface area contributed by atoms with Crippen LogP contribution in [0.3, 0.4) is 0 Å². The maximum absolute atomic E-state index is 14.3. The van der Waals surface area contributed by atoms with E-state index in [-0.39, 0.29) is 27.3 Å². The number of rotatable bonds is 4. The van der Waals surface area contributed by atoms with Gasteiger partial charge in [0.25, 0.3) is 0 Å². The Morgan fingerprint density at radius 1 is 1.52 bits per heavy atom. The third kappa shape index (κ3) is 3.53. The van der Waals surface area contributed by atoms with E-state index in [2.05, 4.69) is 0 Å². The van der Waals surface area contributed by atoms with Crippen LogP contribution in [0.25, 0.3) is 0 Å². The Labute approximate surface area is 133 Å². The van der Waals surface area contributed by atoms with E-state index in [0.717, 1.165) is 12.5 Å². The van der Waals surface area contributed by atoms with Gasteiger partial charge in [0.2, 0.25) is 10.0 Å². The van der Waals surface area contributed by atoms with Crippen molar-refractivity contribution in [2.45, 2.75) is 30.0 Å². The van der Waals surface area contributed by atoms with Crippen molar-refractivity contribution in [3.05, 3.63) is 28.5 Å². The second-order valence-corrected chi connectivity index (χ2v) is 8.60. The maximum Gasteiger partial charge on any atom is 0.246 e. The van der Waals surface area contributed by atoms with Crippen LogP contribution < -0.4 is 5.73 Å². The summed E-state index contributed by atoms with van der Waals surface area (Å²) in [6, 6.07) is 2.52. The lowest BCUT2D eigenvalue weighted by molar-refractivity contribution is 0.412. The molecular weight excluding hydrogens is 335 g/mol. The van der Waals surface area contributed by atoms with Gasteiger partial charge in [-0.25, -0.2) is 12.8 Å². The van der Waals surface area contributed by atoms with Gasteiger partial charge in [-0.3, -0.25) is 0 Å². The molecule has 0 spiro atoms. The first kappa shape index (κ1) is 17.0. The summed E-state index contributed by atoms with van der Waals surface area (Å²) in [6.07, 6.45) is 0.878. The molecule has 1 aliphatic heterocycles. The third-order valence-electron chi connectivity index (χ3n) is 3.47. The highest BCUT2D eigenvalue weighted by molar-refractivity contribution is 8.00. The fraction of sp³-hybridized carbons (Fsp3) is 0.538. The number of hydrogen-bond acceptors (Lipinski definition) is 4. The molecule has 2 N–H and O–H groups in total. The van der Waals surface area contributed by atoms with E-state index in [1.54, 1.807) is 11.8 Å². The standard InChI is InChI=1S/C13H18ClFN2O2S2/c1-2-11-8-17(3-4-20-11)21(18,19)12-6-10(14)5-9(7-16)13(12)15/h5-6,11H,2-4,7-8,16H2,1H3. The van der Waals surface area contributed by atoms with Gasteiger partial charge in [0.15, 0.2) is 0 Å². The first-order valence-corrected chi connectivity index (χ1v) is 9.56. The molecule has 1 aromatic carbocycles. The van der Waals surface area contributed by atoms with E-state index in [0.29, 0.717) is 18.8 Å². The van der Waals surface area contributed by atoms with Crippen LogP contribution in [-0.2, 0) is 16.6 Å². The molecule has 0 aliphatic carbocycles. The van der Waals surface area contributed by atoms with Crippen LogP contribution in [0.4, 0.5) is 4.39 Å². The molecular formula is C13H18ClFN2O2S2. The largest absolute Gasteiger partial charge is 0.326 e. The van der Waals surface area contributed by atoms with Gasteiger partial charge in [0, 0.05) is 41.2 Å². The number of nitrogens with two attached hydrogens (primary N) is 1. The zero-order chi connectivity index (χ0) is 15.6. The molecule has 0 bridgehead atoms. The highest BCUT2D eigenvalue weighted by atomic mass is 35.5. The molecule has 1 fully saturated rings. The Bertz CT molecular complexity index is 625. The second kappa shape index (κ2) is 6.83. The molecule has 0 radical (unpaired) electrons. The number of sulfonamides is 1. The Hall–Kier alpha value is -0.340. The Balaban J connectivity index is 2.42. The van der Waals surface area contributed by atoms with E-state index >= 15 is 0 Å². The third-order valence-corrected chi connectivity index (χ3v) is 6.93. The Kier molecular flexibility index (Phi) is 5.54. The van der Waals surface area contributed by atoms with Crippen molar-refractivity contribution in [1.29, 1.82) is 0 Å². The monoisotopic (exact) mass is 352 g/mol. The molecule has 1 aromatic rings. The minimum atomic E-state index is -3.89. The molecule has 0 saturated carbocycles. The molecule has 1 heterocycles. The van der Waals surface area contributed by atoms with Gasteiger partial charge in [0.05, 0.1) is 0 Å². The van der Waals surface area contributed by atoms with E-state index in [1.807, 2.05) is 6.92 Å². The van der Waals surface area contributed by atoms with Crippen molar-refractivity contribution < 1.29 is 12.8 Å².